The van der Waals surface area contributed by atoms with Crippen LogP contribution in [0.2, 0.25) is 5.02 Å². The molecule has 0 radical (unpaired) electrons. The van der Waals surface area contributed by atoms with Gasteiger partial charge in [-0.25, -0.2) is 8.42 Å². The van der Waals surface area contributed by atoms with Crippen molar-refractivity contribution in [3.63, 3.8) is 0 Å². The van der Waals surface area contributed by atoms with Gasteiger partial charge in [0.2, 0.25) is 0 Å². The number of halogens is 1. The quantitative estimate of drug-likeness (QED) is 0.930. The Morgan fingerprint density at radius 3 is 2.91 bits per heavy atom. The number of carbonyl (C=O) groups is 1. The van der Waals surface area contributed by atoms with Gasteiger partial charge < -0.3 is 9.73 Å². The number of hydrogen-bond acceptors (Lipinski definition) is 4. The molecule has 0 aliphatic carbocycles. The molecule has 0 saturated carbocycles. The van der Waals surface area contributed by atoms with E-state index in [9.17, 15) is 13.2 Å². The van der Waals surface area contributed by atoms with E-state index < -0.39 is 9.84 Å². The topological polar surface area (TPSA) is 76.4 Å². The SMILES string of the molecule is Cc1c(C(=O)NC[C@H]2CCS(=O)(=O)C2)oc2ccc(Cl)cc12. The summed E-state index contributed by atoms with van der Waals surface area (Å²) in [6.07, 6.45) is 0.595. The van der Waals surface area contributed by atoms with Crippen molar-refractivity contribution in [3.05, 3.63) is 34.5 Å². The molecular weight excluding hydrogens is 326 g/mol. The number of amides is 1. The molecule has 1 aromatic carbocycles. The summed E-state index contributed by atoms with van der Waals surface area (Å²) >= 11 is 5.95. The van der Waals surface area contributed by atoms with Crippen molar-refractivity contribution in [2.45, 2.75) is 13.3 Å². The second-order valence-electron chi connectivity index (χ2n) is 5.68. The van der Waals surface area contributed by atoms with E-state index >= 15 is 0 Å². The van der Waals surface area contributed by atoms with Crippen molar-refractivity contribution < 1.29 is 17.6 Å². The minimum absolute atomic E-state index is 0.0203. The first-order valence-electron chi connectivity index (χ1n) is 7.03. The average Bonchev–Trinajstić information content (AvgIpc) is 2.97. The van der Waals surface area contributed by atoms with Gasteiger partial charge in [-0.15, -0.1) is 0 Å². The zero-order valence-corrected chi connectivity index (χ0v) is 13.6. The van der Waals surface area contributed by atoms with Crippen molar-refractivity contribution in [2.24, 2.45) is 5.92 Å². The lowest BCUT2D eigenvalue weighted by Crippen LogP contribution is -2.29. The van der Waals surface area contributed by atoms with Crippen LogP contribution in [0.15, 0.2) is 22.6 Å². The monoisotopic (exact) mass is 341 g/mol. The molecule has 1 fully saturated rings. The fourth-order valence-electron chi connectivity index (χ4n) is 2.76. The van der Waals surface area contributed by atoms with Gasteiger partial charge in [0.1, 0.15) is 5.58 Å². The maximum Gasteiger partial charge on any atom is 0.287 e. The first-order chi connectivity index (χ1) is 10.4. The molecule has 118 valence electrons. The number of fused-ring (bicyclic) bond motifs is 1. The van der Waals surface area contributed by atoms with Gasteiger partial charge in [0.25, 0.3) is 5.91 Å². The minimum Gasteiger partial charge on any atom is -0.451 e. The van der Waals surface area contributed by atoms with E-state index in [0.29, 0.717) is 23.6 Å². The Morgan fingerprint density at radius 1 is 1.45 bits per heavy atom. The molecule has 1 amide bonds. The molecular formula is C15H16ClNO4S. The zero-order chi connectivity index (χ0) is 15.9. The standard InChI is InChI=1S/C15H16ClNO4S/c1-9-12-6-11(16)2-3-13(12)21-14(9)15(18)17-7-10-4-5-22(19,20)8-10/h2-3,6,10H,4-5,7-8H2,1H3,(H,17,18)/t10-/m1/s1. The molecule has 5 nitrogen and oxygen atoms in total. The van der Waals surface area contributed by atoms with E-state index in [1.54, 1.807) is 25.1 Å². The molecule has 1 aromatic heterocycles. The Kier molecular flexibility index (Phi) is 3.91. The zero-order valence-electron chi connectivity index (χ0n) is 12.1. The summed E-state index contributed by atoms with van der Waals surface area (Å²) in [7, 11) is -2.93. The lowest BCUT2D eigenvalue weighted by molar-refractivity contribution is 0.0922. The van der Waals surface area contributed by atoms with E-state index in [1.165, 1.54) is 0 Å². The van der Waals surface area contributed by atoms with E-state index in [2.05, 4.69) is 5.32 Å². The van der Waals surface area contributed by atoms with Gasteiger partial charge in [0.05, 0.1) is 11.5 Å². The van der Waals surface area contributed by atoms with Crippen LogP contribution in [0.1, 0.15) is 22.5 Å². The number of benzene rings is 1. The molecule has 0 unspecified atom stereocenters. The summed E-state index contributed by atoms with van der Waals surface area (Å²) in [6.45, 7) is 2.15. The third kappa shape index (κ3) is 2.98. The van der Waals surface area contributed by atoms with E-state index in [0.717, 1.165) is 10.9 Å². The van der Waals surface area contributed by atoms with E-state index in [-0.39, 0.29) is 29.1 Å². The highest BCUT2D eigenvalue weighted by Gasteiger charge is 2.28. The number of sulfone groups is 1. The number of hydrogen-bond donors (Lipinski definition) is 1. The Bertz CT molecular complexity index is 841. The molecule has 1 aliphatic rings. The van der Waals surface area contributed by atoms with Gasteiger partial charge in [-0.3, -0.25) is 4.79 Å². The van der Waals surface area contributed by atoms with Crippen molar-refractivity contribution >= 4 is 38.3 Å². The third-order valence-corrected chi connectivity index (χ3v) is 6.05. The summed E-state index contributed by atoms with van der Waals surface area (Å²) in [4.78, 5) is 12.3. The molecule has 1 N–H and O–H groups in total. The first kappa shape index (κ1) is 15.4. The van der Waals surface area contributed by atoms with Crippen LogP contribution in [0.4, 0.5) is 0 Å². The number of furan rings is 1. The molecule has 2 heterocycles. The second kappa shape index (κ2) is 5.59. The van der Waals surface area contributed by atoms with Crippen LogP contribution < -0.4 is 5.32 Å². The molecule has 1 aliphatic heterocycles. The van der Waals surface area contributed by atoms with Crippen molar-refractivity contribution in [1.29, 1.82) is 0 Å². The van der Waals surface area contributed by atoms with Gasteiger partial charge in [-0.05, 0) is 37.5 Å². The van der Waals surface area contributed by atoms with Crippen LogP contribution >= 0.6 is 11.6 Å². The molecule has 3 rings (SSSR count). The van der Waals surface area contributed by atoms with Gasteiger partial charge in [-0.2, -0.15) is 0 Å². The summed E-state index contributed by atoms with van der Waals surface area (Å²) < 4.78 is 28.4. The molecule has 7 heteroatoms. The fourth-order valence-corrected chi connectivity index (χ4v) is 4.79. The normalized spacial score (nSPS) is 20.4. The molecule has 2 aromatic rings. The second-order valence-corrected chi connectivity index (χ2v) is 8.34. The Morgan fingerprint density at radius 2 is 2.23 bits per heavy atom. The lowest BCUT2D eigenvalue weighted by Gasteiger charge is -2.08. The van der Waals surface area contributed by atoms with Crippen molar-refractivity contribution in [1.82, 2.24) is 5.32 Å². The first-order valence-corrected chi connectivity index (χ1v) is 9.23. The number of nitrogens with one attached hydrogen (secondary N) is 1. The summed E-state index contributed by atoms with van der Waals surface area (Å²) in [5.41, 5.74) is 1.34. The lowest BCUT2D eigenvalue weighted by atomic mass is 10.1. The van der Waals surface area contributed by atoms with E-state index in [1.807, 2.05) is 0 Å². The molecule has 1 saturated heterocycles. The van der Waals surface area contributed by atoms with Gasteiger partial charge in [0, 0.05) is 22.5 Å². The molecule has 22 heavy (non-hydrogen) atoms. The third-order valence-electron chi connectivity index (χ3n) is 3.98. The predicted octanol–water partition coefficient (Wildman–Crippen LogP) is 2.56. The van der Waals surface area contributed by atoms with Crippen LogP contribution in [-0.4, -0.2) is 32.4 Å². The van der Waals surface area contributed by atoms with Gasteiger partial charge in [0.15, 0.2) is 15.6 Å². The summed E-state index contributed by atoms with van der Waals surface area (Å²) in [6, 6.07) is 5.19. The van der Waals surface area contributed by atoms with Crippen LogP contribution in [0.3, 0.4) is 0 Å². The average molecular weight is 342 g/mol. The maximum absolute atomic E-state index is 12.3. The number of rotatable bonds is 3. The fraction of sp³-hybridized carbons (Fsp3) is 0.400. The molecule has 1 atom stereocenters. The Hall–Kier alpha value is -1.53. The van der Waals surface area contributed by atoms with Crippen LogP contribution in [0, 0.1) is 12.8 Å². The molecule has 0 spiro atoms. The predicted molar refractivity (Wildman–Crippen MR) is 85.1 cm³/mol. The van der Waals surface area contributed by atoms with Gasteiger partial charge in [-0.1, -0.05) is 11.6 Å². The van der Waals surface area contributed by atoms with Crippen molar-refractivity contribution in [3.8, 4) is 0 Å². The summed E-state index contributed by atoms with van der Waals surface area (Å²) in [5.74, 6) is 0.248. The van der Waals surface area contributed by atoms with Crippen LogP contribution in [0.25, 0.3) is 11.0 Å². The van der Waals surface area contributed by atoms with E-state index in [4.69, 9.17) is 16.0 Å². The highest BCUT2D eigenvalue weighted by atomic mass is 35.5. The Labute approximate surface area is 133 Å². The smallest absolute Gasteiger partial charge is 0.287 e. The van der Waals surface area contributed by atoms with Crippen molar-refractivity contribution in [2.75, 3.05) is 18.1 Å². The highest BCUT2D eigenvalue weighted by molar-refractivity contribution is 7.91. The largest absolute Gasteiger partial charge is 0.451 e. The summed E-state index contributed by atoms with van der Waals surface area (Å²) in [5, 5.41) is 4.15. The molecule has 0 bridgehead atoms. The minimum atomic E-state index is -2.93. The van der Waals surface area contributed by atoms with Gasteiger partial charge >= 0.3 is 0 Å². The Balaban J connectivity index is 1.74. The maximum atomic E-state index is 12.3. The number of aryl methyl sites for hydroxylation is 1. The van der Waals surface area contributed by atoms with Crippen LogP contribution in [-0.2, 0) is 9.84 Å². The number of carbonyl (C=O) groups excluding carboxylic acids is 1. The highest BCUT2D eigenvalue weighted by Crippen LogP contribution is 2.28. The van der Waals surface area contributed by atoms with Crippen LogP contribution in [0.5, 0.6) is 0 Å².